The second kappa shape index (κ2) is 7.40. The highest BCUT2D eigenvalue weighted by Gasteiger charge is 2.29. The van der Waals surface area contributed by atoms with E-state index >= 15 is 0 Å². The molecule has 2 aromatic rings. The number of rotatable bonds is 4. The van der Waals surface area contributed by atoms with Gasteiger partial charge in [-0.25, -0.2) is 4.79 Å². The van der Waals surface area contributed by atoms with Crippen molar-refractivity contribution in [1.29, 1.82) is 0 Å². The van der Waals surface area contributed by atoms with Crippen LogP contribution >= 0.6 is 22.9 Å². The standard InChI is InChI=1S/C18H22ClN3O3S/c1-9(2)25-18(24)13-11-7-5-6-8-12(11)26-17(13)20-16(23)15-14(19)10(3)22(4)21-15/h9H,5-8H2,1-4H3,(H,20,23). The van der Waals surface area contributed by atoms with Crippen molar-refractivity contribution >= 4 is 39.8 Å². The Bertz CT molecular complexity index is 870. The summed E-state index contributed by atoms with van der Waals surface area (Å²) in [5, 5.41) is 7.85. The lowest BCUT2D eigenvalue weighted by Crippen LogP contribution is -2.18. The summed E-state index contributed by atoms with van der Waals surface area (Å²) in [6.45, 7) is 5.41. The predicted octanol–water partition coefficient (Wildman–Crippen LogP) is 4.14. The molecule has 0 unspecified atom stereocenters. The molecule has 0 radical (unpaired) electrons. The van der Waals surface area contributed by atoms with Gasteiger partial charge in [0.05, 0.1) is 22.4 Å². The molecule has 2 aromatic heterocycles. The van der Waals surface area contributed by atoms with Gasteiger partial charge < -0.3 is 10.1 Å². The van der Waals surface area contributed by atoms with E-state index in [1.807, 2.05) is 13.8 Å². The Hall–Kier alpha value is -1.86. The first-order valence-corrected chi connectivity index (χ1v) is 9.85. The number of amides is 1. The average molecular weight is 396 g/mol. The minimum atomic E-state index is -0.420. The molecule has 0 aromatic carbocycles. The number of esters is 1. The lowest BCUT2D eigenvalue weighted by Gasteiger charge is -2.14. The number of carbonyl (C=O) groups is 2. The molecule has 1 aliphatic rings. The van der Waals surface area contributed by atoms with Crippen LogP contribution in [-0.2, 0) is 24.6 Å². The topological polar surface area (TPSA) is 73.2 Å². The van der Waals surface area contributed by atoms with Crippen molar-refractivity contribution in [1.82, 2.24) is 9.78 Å². The Morgan fingerprint density at radius 2 is 2.00 bits per heavy atom. The Morgan fingerprint density at radius 3 is 2.62 bits per heavy atom. The van der Waals surface area contributed by atoms with Crippen LogP contribution < -0.4 is 5.32 Å². The summed E-state index contributed by atoms with van der Waals surface area (Å²) >= 11 is 7.66. The number of ether oxygens (including phenoxy) is 1. The fourth-order valence-electron chi connectivity index (χ4n) is 3.03. The highest BCUT2D eigenvalue weighted by molar-refractivity contribution is 7.17. The number of nitrogens with zero attached hydrogens (tertiary/aromatic N) is 2. The van der Waals surface area contributed by atoms with Crippen molar-refractivity contribution < 1.29 is 14.3 Å². The summed E-state index contributed by atoms with van der Waals surface area (Å²) in [5.41, 5.74) is 2.35. The van der Waals surface area contributed by atoms with E-state index in [9.17, 15) is 9.59 Å². The number of carbonyl (C=O) groups excluding carboxylic acids is 2. The fraction of sp³-hybridized carbons (Fsp3) is 0.500. The maximum Gasteiger partial charge on any atom is 0.341 e. The monoisotopic (exact) mass is 395 g/mol. The Balaban J connectivity index is 1.96. The van der Waals surface area contributed by atoms with Crippen LogP contribution in [0.3, 0.4) is 0 Å². The second-order valence-corrected chi connectivity index (χ2v) is 8.18. The molecule has 0 spiro atoms. The lowest BCUT2D eigenvalue weighted by atomic mass is 9.95. The van der Waals surface area contributed by atoms with Gasteiger partial charge in [0.1, 0.15) is 5.00 Å². The quantitative estimate of drug-likeness (QED) is 0.789. The number of hydrogen-bond acceptors (Lipinski definition) is 5. The van der Waals surface area contributed by atoms with E-state index in [1.54, 1.807) is 18.7 Å². The molecule has 2 heterocycles. The van der Waals surface area contributed by atoms with Gasteiger partial charge in [0.2, 0.25) is 0 Å². The maximum absolute atomic E-state index is 12.7. The molecule has 8 heteroatoms. The molecular formula is C18H22ClN3O3S. The van der Waals surface area contributed by atoms with E-state index in [0.29, 0.717) is 21.3 Å². The van der Waals surface area contributed by atoms with Gasteiger partial charge in [-0.05, 0) is 52.0 Å². The number of thiophene rings is 1. The van der Waals surface area contributed by atoms with Crippen LogP contribution in [0.1, 0.15) is 63.7 Å². The van der Waals surface area contributed by atoms with E-state index < -0.39 is 11.9 Å². The molecule has 0 fully saturated rings. The van der Waals surface area contributed by atoms with E-state index in [2.05, 4.69) is 10.4 Å². The van der Waals surface area contributed by atoms with Gasteiger partial charge in [0.25, 0.3) is 5.91 Å². The zero-order valence-corrected chi connectivity index (χ0v) is 16.9. The third-order valence-corrected chi connectivity index (χ3v) is 6.08. The summed E-state index contributed by atoms with van der Waals surface area (Å²) < 4.78 is 6.97. The summed E-state index contributed by atoms with van der Waals surface area (Å²) in [7, 11) is 1.73. The van der Waals surface area contributed by atoms with Crippen molar-refractivity contribution in [2.75, 3.05) is 5.32 Å². The molecular weight excluding hydrogens is 374 g/mol. The molecule has 1 N–H and O–H groups in total. The third-order valence-electron chi connectivity index (χ3n) is 4.42. The van der Waals surface area contributed by atoms with Crippen molar-refractivity contribution in [3.8, 4) is 0 Å². The van der Waals surface area contributed by atoms with Crippen molar-refractivity contribution in [2.45, 2.75) is 52.6 Å². The number of halogens is 1. The summed E-state index contributed by atoms with van der Waals surface area (Å²) in [5.74, 6) is -0.811. The minimum absolute atomic E-state index is 0.154. The molecule has 1 amide bonds. The maximum atomic E-state index is 12.7. The first-order chi connectivity index (χ1) is 12.3. The molecule has 0 saturated heterocycles. The summed E-state index contributed by atoms with van der Waals surface area (Å²) in [4.78, 5) is 26.5. The van der Waals surface area contributed by atoms with Crippen molar-refractivity contribution in [3.63, 3.8) is 0 Å². The lowest BCUT2D eigenvalue weighted by molar-refractivity contribution is 0.0378. The van der Waals surface area contributed by atoms with Crippen LogP contribution in [0.15, 0.2) is 0 Å². The van der Waals surface area contributed by atoms with Gasteiger partial charge in [0.15, 0.2) is 5.69 Å². The van der Waals surface area contributed by atoms with Crippen LogP contribution in [0, 0.1) is 6.92 Å². The highest BCUT2D eigenvalue weighted by Crippen LogP contribution is 2.39. The van der Waals surface area contributed by atoms with Gasteiger partial charge in [-0.15, -0.1) is 11.3 Å². The molecule has 6 nitrogen and oxygen atoms in total. The van der Waals surface area contributed by atoms with Crippen LogP contribution in [0.25, 0.3) is 0 Å². The van der Waals surface area contributed by atoms with E-state index in [0.717, 1.165) is 36.1 Å². The van der Waals surface area contributed by atoms with Crippen molar-refractivity contribution in [3.05, 3.63) is 32.4 Å². The smallest absolute Gasteiger partial charge is 0.341 e. The van der Waals surface area contributed by atoms with E-state index in [1.165, 1.54) is 11.3 Å². The molecule has 0 atom stereocenters. The SMILES string of the molecule is Cc1c(Cl)c(C(=O)Nc2sc3c(c2C(=O)OC(C)C)CCCC3)nn1C. The third kappa shape index (κ3) is 3.50. The van der Waals surface area contributed by atoms with E-state index in [-0.39, 0.29) is 11.8 Å². The molecule has 0 saturated carbocycles. The number of hydrogen-bond donors (Lipinski definition) is 1. The van der Waals surface area contributed by atoms with Gasteiger partial charge in [-0.3, -0.25) is 9.48 Å². The Kier molecular flexibility index (Phi) is 5.39. The zero-order valence-electron chi connectivity index (χ0n) is 15.3. The molecule has 0 bridgehead atoms. The molecule has 3 rings (SSSR count). The normalized spacial score (nSPS) is 13.6. The fourth-order valence-corrected chi connectivity index (χ4v) is 4.55. The van der Waals surface area contributed by atoms with Crippen molar-refractivity contribution in [2.24, 2.45) is 7.05 Å². The summed E-state index contributed by atoms with van der Waals surface area (Å²) in [6.07, 6.45) is 3.64. The Morgan fingerprint density at radius 1 is 1.31 bits per heavy atom. The average Bonchev–Trinajstić information content (AvgIpc) is 3.06. The second-order valence-electron chi connectivity index (χ2n) is 6.69. The van der Waals surface area contributed by atoms with Crippen LogP contribution in [0.4, 0.5) is 5.00 Å². The molecule has 0 aliphatic heterocycles. The number of anilines is 1. The number of aryl methyl sites for hydroxylation is 2. The minimum Gasteiger partial charge on any atom is -0.459 e. The van der Waals surface area contributed by atoms with Crippen LogP contribution in [-0.4, -0.2) is 27.8 Å². The predicted molar refractivity (Wildman–Crippen MR) is 102 cm³/mol. The van der Waals surface area contributed by atoms with E-state index in [4.69, 9.17) is 16.3 Å². The zero-order chi connectivity index (χ0) is 19.0. The highest BCUT2D eigenvalue weighted by atomic mass is 35.5. The number of nitrogens with one attached hydrogen (secondary N) is 1. The van der Waals surface area contributed by atoms with Gasteiger partial charge in [0, 0.05) is 11.9 Å². The van der Waals surface area contributed by atoms with Gasteiger partial charge >= 0.3 is 5.97 Å². The molecule has 1 aliphatic carbocycles. The van der Waals surface area contributed by atoms with Crippen LogP contribution in [0.2, 0.25) is 5.02 Å². The Labute approximate surface area is 161 Å². The molecule has 140 valence electrons. The first kappa shape index (κ1) is 18.9. The number of aromatic nitrogens is 2. The summed E-state index contributed by atoms with van der Waals surface area (Å²) in [6, 6.07) is 0. The largest absolute Gasteiger partial charge is 0.459 e. The van der Waals surface area contributed by atoms with Gasteiger partial charge in [-0.2, -0.15) is 5.10 Å². The number of fused-ring (bicyclic) bond motifs is 1. The van der Waals surface area contributed by atoms with Crippen LogP contribution in [0.5, 0.6) is 0 Å². The first-order valence-electron chi connectivity index (χ1n) is 8.65. The molecule has 26 heavy (non-hydrogen) atoms. The van der Waals surface area contributed by atoms with Gasteiger partial charge in [-0.1, -0.05) is 11.6 Å².